The zero-order chi connectivity index (χ0) is 9.02. The van der Waals surface area contributed by atoms with Crippen LogP contribution in [0.1, 0.15) is 13.8 Å². The highest BCUT2D eigenvalue weighted by molar-refractivity contribution is 5.41. The van der Waals surface area contributed by atoms with Gasteiger partial charge in [-0.1, -0.05) is 33.6 Å². The highest BCUT2D eigenvalue weighted by atomic mass is 14.8. The predicted octanol–water partition coefficient (Wildman–Crippen LogP) is 2.49. The maximum atomic E-state index is 3.92. The molecular weight excluding hydrogens is 134 g/mol. The first kappa shape index (κ1) is 10.0. The maximum absolute atomic E-state index is 3.92. The van der Waals surface area contributed by atoms with Gasteiger partial charge in [0.25, 0.3) is 0 Å². The fourth-order valence-electron chi connectivity index (χ4n) is 0.693. The van der Waals surface area contributed by atoms with E-state index in [1.165, 1.54) is 0 Å². The van der Waals surface area contributed by atoms with E-state index in [2.05, 4.69) is 38.9 Å². The van der Waals surface area contributed by atoms with Crippen LogP contribution in [-0.2, 0) is 0 Å². The number of rotatable bonds is 4. The molecule has 0 aromatic rings. The van der Waals surface area contributed by atoms with Gasteiger partial charge in [-0.25, -0.2) is 0 Å². The Bertz CT molecular complexity index is 187. The topological polar surface area (TPSA) is 12.0 Å². The molecule has 62 valence electrons. The molecule has 0 unspecified atom stereocenters. The molecular formula is C10H17N. The molecule has 0 saturated heterocycles. The van der Waals surface area contributed by atoms with E-state index >= 15 is 0 Å². The van der Waals surface area contributed by atoms with Crippen molar-refractivity contribution in [1.29, 1.82) is 0 Å². The predicted molar refractivity (Wildman–Crippen MR) is 51.3 cm³/mol. The average molecular weight is 151 g/mol. The van der Waals surface area contributed by atoms with Crippen molar-refractivity contribution in [3.8, 4) is 0 Å². The van der Waals surface area contributed by atoms with Gasteiger partial charge in [-0.2, -0.15) is 0 Å². The lowest BCUT2D eigenvalue weighted by Crippen LogP contribution is -2.09. The summed E-state index contributed by atoms with van der Waals surface area (Å²) in [6.45, 7) is 15.8. The van der Waals surface area contributed by atoms with Gasteiger partial charge in [-0.3, -0.25) is 0 Å². The second-order valence-electron chi connectivity index (χ2n) is 2.89. The molecule has 0 atom stereocenters. The van der Waals surface area contributed by atoms with E-state index in [9.17, 15) is 0 Å². The second-order valence-corrected chi connectivity index (χ2v) is 2.89. The lowest BCUT2D eigenvalue weighted by Gasteiger charge is -2.14. The lowest BCUT2D eigenvalue weighted by molar-refractivity contribution is 0.778. The molecule has 0 spiro atoms. The van der Waals surface area contributed by atoms with Crippen LogP contribution in [0.3, 0.4) is 0 Å². The third-order valence-electron chi connectivity index (χ3n) is 1.75. The Labute approximate surface area is 69.5 Å². The zero-order valence-corrected chi connectivity index (χ0v) is 7.70. The summed E-state index contributed by atoms with van der Waals surface area (Å²) < 4.78 is 0. The quantitative estimate of drug-likeness (QED) is 0.609. The van der Waals surface area contributed by atoms with Crippen LogP contribution in [0.2, 0.25) is 0 Å². The maximum Gasteiger partial charge on any atom is 0.0334 e. The van der Waals surface area contributed by atoms with E-state index in [0.29, 0.717) is 5.92 Å². The summed E-state index contributed by atoms with van der Waals surface area (Å²) in [4.78, 5) is 0. The standard InChI is InChI=1S/C10H17N/c1-7(2)8(3)9(4)10(5)11-6/h7,11H,3-5H2,1-2,6H3. The zero-order valence-electron chi connectivity index (χ0n) is 7.70. The van der Waals surface area contributed by atoms with Crippen molar-refractivity contribution >= 4 is 0 Å². The van der Waals surface area contributed by atoms with Crippen molar-refractivity contribution < 1.29 is 0 Å². The van der Waals surface area contributed by atoms with Crippen LogP contribution >= 0.6 is 0 Å². The monoisotopic (exact) mass is 151 g/mol. The number of allylic oxidation sites excluding steroid dienone is 1. The summed E-state index contributed by atoms with van der Waals surface area (Å²) in [7, 11) is 1.83. The van der Waals surface area contributed by atoms with Gasteiger partial charge in [0, 0.05) is 12.7 Å². The molecule has 0 bridgehead atoms. The molecule has 0 aromatic carbocycles. The van der Waals surface area contributed by atoms with Gasteiger partial charge in [-0.15, -0.1) is 0 Å². The lowest BCUT2D eigenvalue weighted by atomic mass is 9.96. The number of hydrogen-bond donors (Lipinski definition) is 1. The molecule has 1 nitrogen and oxygen atoms in total. The summed E-state index contributed by atoms with van der Waals surface area (Å²) in [5.74, 6) is 0.438. The van der Waals surface area contributed by atoms with Crippen LogP contribution in [0.25, 0.3) is 0 Å². The van der Waals surface area contributed by atoms with Crippen LogP contribution in [-0.4, -0.2) is 7.05 Å². The Kier molecular flexibility index (Phi) is 3.66. The Hall–Kier alpha value is -0.980. The molecule has 0 aliphatic carbocycles. The minimum Gasteiger partial charge on any atom is -0.388 e. The molecule has 0 heterocycles. The SMILES string of the molecule is C=C(NC)C(=C)C(=C)C(C)C. The number of likely N-dealkylation sites (N-methyl/N-ethyl adjacent to an activating group) is 1. The van der Waals surface area contributed by atoms with Crippen molar-refractivity contribution in [3.05, 3.63) is 36.6 Å². The van der Waals surface area contributed by atoms with E-state index in [4.69, 9.17) is 0 Å². The smallest absolute Gasteiger partial charge is 0.0334 e. The molecule has 1 N–H and O–H groups in total. The largest absolute Gasteiger partial charge is 0.388 e. The van der Waals surface area contributed by atoms with Gasteiger partial charge in [0.15, 0.2) is 0 Å². The second kappa shape index (κ2) is 4.02. The Morgan fingerprint density at radius 3 is 1.91 bits per heavy atom. The van der Waals surface area contributed by atoms with E-state index in [0.717, 1.165) is 16.8 Å². The fraction of sp³-hybridized carbons (Fsp3) is 0.400. The van der Waals surface area contributed by atoms with Crippen LogP contribution in [0.15, 0.2) is 36.6 Å². The number of hydrogen-bond acceptors (Lipinski definition) is 1. The first-order valence-corrected chi connectivity index (χ1v) is 3.75. The molecule has 0 fully saturated rings. The Balaban J connectivity index is 4.26. The fourth-order valence-corrected chi connectivity index (χ4v) is 0.693. The van der Waals surface area contributed by atoms with Gasteiger partial charge in [-0.05, 0) is 17.1 Å². The molecule has 11 heavy (non-hydrogen) atoms. The third-order valence-corrected chi connectivity index (χ3v) is 1.75. The Morgan fingerprint density at radius 2 is 1.64 bits per heavy atom. The molecule has 0 amide bonds. The van der Waals surface area contributed by atoms with Crippen molar-refractivity contribution in [1.82, 2.24) is 5.32 Å². The van der Waals surface area contributed by atoms with Crippen LogP contribution in [0, 0.1) is 5.92 Å². The van der Waals surface area contributed by atoms with Crippen molar-refractivity contribution in [2.45, 2.75) is 13.8 Å². The van der Waals surface area contributed by atoms with E-state index < -0.39 is 0 Å². The van der Waals surface area contributed by atoms with Crippen molar-refractivity contribution in [2.75, 3.05) is 7.05 Å². The summed E-state index contributed by atoms with van der Waals surface area (Å²) in [6.07, 6.45) is 0. The molecule has 0 radical (unpaired) electrons. The van der Waals surface area contributed by atoms with Crippen molar-refractivity contribution in [2.24, 2.45) is 5.92 Å². The van der Waals surface area contributed by atoms with Crippen molar-refractivity contribution in [3.63, 3.8) is 0 Å². The van der Waals surface area contributed by atoms with Gasteiger partial charge >= 0.3 is 0 Å². The summed E-state index contributed by atoms with van der Waals surface area (Å²) in [5.41, 5.74) is 2.82. The molecule has 0 aromatic heterocycles. The van der Waals surface area contributed by atoms with Gasteiger partial charge in [0.2, 0.25) is 0 Å². The first-order valence-electron chi connectivity index (χ1n) is 3.75. The highest BCUT2D eigenvalue weighted by Gasteiger charge is 2.05. The van der Waals surface area contributed by atoms with E-state index in [1.807, 2.05) is 7.05 Å². The molecule has 0 aliphatic heterocycles. The average Bonchev–Trinajstić information content (AvgIpc) is 2.00. The molecule has 0 aliphatic rings. The minimum absolute atomic E-state index is 0.438. The third kappa shape index (κ3) is 2.62. The van der Waals surface area contributed by atoms with Gasteiger partial charge < -0.3 is 5.32 Å². The van der Waals surface area contributed by atoms with E-state index in [-0.39, 0.29) is 0 Å². The van der Waals surface area contributed by atoms with Gasteiger partial charge in [0.1, 0.15) is 0 Å². The molecule has 0 saturated carbocycles. The molecule has 1 heteroatoms. The number of nitrogens with one attached hydrogen (secondary N) is 1. The van der Waals surface area contributed by atoms with E-state index in [1.54, 1.807) is 0 Å². The van der Waals surface area contributed by atoms with Crippen LogP contribution in [0.5, 0.6) is 0 Å². The summed E-state index contributed by atoms with van der Waals surface area (Å²) in [5, 5.41) is 2.95. The van der Waals surface area contributed by atoms with Gasteiger partial charge in [0.05, 0.1) is 0 Å². The summed E-state index contributed by atoms with van der Waals surface area (Å²) in [6, 6.07) is 0. The molecule has 0 rings (SSSR count). The van der Waals surface area contributed by atoms with Crippen LogP contribution in [0.4, 0.5) is 0 Å². The Morgan fingerprint density at radius 1 is 1.18 bits per heavy atom. The summed E-state index contributed by atoms with van der Waals surface area (Å²) >= 11 is 0. The minimum atomic E-state index is 0.438. The first-order chi connectivity index (χ1) is 5.00. The van der Waals surface area contributed by atoms with Crippen LogP contribution < -0.4 is 5.32 Å². The highest BCUT2D eigenvalue weighted by Crippen LogP contribution is 2.19. The normalized spacial score (nSPS) is 9.45.